The molecule has 0 spiro atoms. The first-order valence-corrected chi connectivity index (χ1v) is 26.2. The maximum atomic E-state index is 13.3. The van der Waals surface area contributed by atoms with Gasteiger partial charge in [-0.1, -0.05) is 94.9 Å². The lowest BCUT2D eigenvalue weighted by Crippen LogP contribution is -2.16. The Morgan fingerprint density at radius 3 is 1.16 bits per heavy atom. The Kier molecular flexibility index (Phi) is 21.8. The van der Waals surface area contributed by atoms with Crippen LogP contribution in [0.3, 0.4) is 0 Å². The van der Waals surface area contributed by atoms with E-state index < -0.39 is 41.4 Å². The predicted molar refractivity (Wildman–Crippen MR) is 303 cm³/mol. The lowest BCUT2D eigenvalue weighted by Gasteiger charge is -2.10. The van der Waals surface area contributed by atoms with Gasteiger partial charge in [-0.2, -0.15) is 26.3 Å². The summed E-state index contributed by atoms with van der Waals surface area (Å²) in [5, 5.41) is 11.5. The molecule has 8 rings (SSSR count). The van der Waals surface area contributed by atoms with Crippen LogP contribution in [0.25, 0.3) is 44.5 Å². The van der Waals surface area contributed by atoms with E-state index in [1.54, 1.807) is 67.9 Å². The number of carbonyl (C=O) groups is 4. The molecule has 0 aliphatic rings. The predicted octanol–water partition coefficient (Wildman–Crippen LogP) is 16.9. The highest BCUT2D eigenvalue weighted by Gasteiger charge is 2.41. The van der Waals surface area contributed by atoms with Gasteiger partial charge in [0.15, 0.2) is 0 Å². The van der Waals surface area contributed by atoms with Crippen molar-refractivity contribution in [2.75, 3.05) is 19.8 Å². The highest BCUT2D eigenvalue weighted by molar-refractivity contribution is 6.31. The summed E-state index contributed by atoms with van der Waals surface area (Å²) in [5.74, 6) is -2.85. The number of carbonyl (C=O) groups excluding carboxylic acids is 3. The average Bonchev–Trinajstić information content (AvgIpc) is 4.20. The molecular weight excluding hydrogens is 1150 g/mol. The third kappa shape index (κ3) is 15.1. The maximum Gasteiger partial charge on any atom is 0.431 e. The van der Waals surface area contributed by atoms with Crippen LogP contribution >= 0.6 is 46.4 Å². The molecule has 0 bridgehead atoms. The fraction of sp³-hybridized carbons (Fsp3) is 0.254. The molecular formula is C59H56Cl4F6N4O8. The monoisotopic (exact) mass is 1200 g/mol. The molecule has 4 heterocycles. The van der Waals surface area contributed by atoms with E-state index in [2.05, 4.69) is 4.98 Å². The van der Waals surface area contributed by atoms with Crippen LogP contribution in [0.2, 0.25) is 20.1 Å². The van der Waals surface area contributed by atoms with E-state index in [0.29, 0.717) is 60.4 Å². The molecule has 0 aliphatic carbocycles. The van der Waals surface area contributed by atoms with E-state index in [1.807, 2.05) is 63.5 Å². The van der Waals surface area contributed by atoms with Gasteiger partial charge in [-0.25, -0.2) is 19.2 Å². The quantitative estimate of drug-likeness (QED) is 0.0739. The highest BCUT2D eigenvalue weighted by atomic mass is 35.5. The molecule has 8 aromatic rings. The summed E-state index contributed by atoms with van der Waals surface area (Å²) in [5.41, 5.74) is 5.36. The van der Waals surface area contributed by atoms with E-state index >= 15 is 0 Å². The number of hydrogen-bond donors (Lipinski definition) is 2. The Morgan fingerprint density at radius 1 is 0.481 bits per heavy atom. The summed E-state index contributed by atoms with van der Waals surface area (Å²) >= 11 is 23.3. The smallest absolute Gasteiger partial charge is 0.431 e. The number of hydrogen-bond acceptors (Lipinski definition) is 7. The van der Waals surface area contributed by atoms with Crippen LogP contribution in [0.4, 0.5) is 26.3 Å². The number of esters is 3. The Labute approximate surface area is 483 Å². The summed E-state index contributed by atoms with van der Waals surface area (Å²) in [6, 6.07) is 27.1. The number of carboxylic acid groups (broad SMARTS) is 1. The van der Waals surface area contributed by atoms with Crippen molar-refractivity contribution in [3.63, 3.8) is 0 Å². The zero-order valence-corrected chi connectivity index (χ0v) is 48.5. The van der Waals surface area contributed by atoms with E-state index in [4.69, 9.17) is 60.6 Å². The van der Waals surface area contributed by atoms with Crippen molar-refractivity contribution >= 4 is 70.3 Å². The van der Waals surface area contributed by atoms with Crippen molar-refractivity contribution in [1.82, 2.24) is 18.7 Å². The van der Waals surface area contributed by atoms with Gasteiger partial charge in [0.05, 0.1) is 19.8 Å². The minimum Gasteiger partial charge on any atom is -0.477 e. The first-order valence-electron chi connectivity index (χ1n) is 24.6. The second-order valence-corrected chi connectivity index (χ2v) is 19.6. The third-order valence-electron chi connectivity index (χ3n) is 12.4. The van der Waals surface area contributed by atoms with Crippen LogP contribution in [-0.4, -0.2) is 67.5 Å². The van der Waals surface area contributed by atoms with E-state index in [0.717, 1.165) is 45.0 Å². The lowest BCUT2D eigenvalue weighted by molar-refractivity contribution is -0.144. The van der Waals surface area contributed by atoms with Crippen LogP contribution in [0.15, 0.2) is 109 Å². The molecule has 0 fully saturated rings. The molecule has 0 aliphatic heterocycles. The number of ether oxygens (including phenoxy) is 3. The molecule has 430 valence electrons. The molecule has 0 atom stereocenters. The second kappa shape index (κ2) is 27.4. The van der Waals surface area contributed by atoms with Crippen LogP contribution in [-0.2, 0) is 47.7 Å². The minimum atomic E-state index is -4.63. The first-order chi connectivity index (χ1) is 38.0. The van der Waals surface area contributed by atoms with Crippen LogP contribution < -0.4 is 0 Å². The summed E-state index contributed by atoms with van der Waals surface area (Å²) in [4.78, 5) is 50.4. The number of H-pyrrole nitrogens is 1. The van der Waals surface area contributed by atoms with Gasteiger partial charge < -0.3 is 38.0 Å². The largest absolute Gasteiger partial charge is 0.477 e. The maximum absolute atomic E-state index is 13.3. The molecule has 81 heavy (non-hydrogen) atoms. The molecule has 4 aromatic heterocycles. The van der Waals surface area contributed by atoms with Crippen LogP contribution in [0.1, 0.15) is 96.4 Å². The standard InChI is InChI=1S/C16H15ClF3NO2.C15H16ClNO2.C14H11ClF3NO2.C14H14ClNO2/c1-4-23-15(22)13-12(10-5-7-11(17)8-6-10)9(2)14(21(13)3)16(18,19)20;1-4-19-15(18)14-13(10(2)9-17(14)3)11-5-7-12(16)8-6-11;1-7-10(8-3-5-9(15)6-4-8)11(13(20)21)19(2)12(7)14(16,17)18;1-3-18-14(17)13-12(9(2)8-16-13)10-4-6-11(15)7-5-10/h5-8H,4H2,1-3H3;5-9H,4H2,1-3H3;3-6H,1-2H3,(H,20,21);4-8,16H,3H2,1-2H3. The number of aryl methyl sites for hydroxylation is 3. The molecule has 12 nitrogen and oxygen atoms in total. The van der Waals surface area contributed by atoms with Gasteiger partial charge in [0.1, 0.15) is 34.2 Å². The van der Waals surface area contributed by atoms with Crippen molar-refractivity contribution < 1.29 is 64.8 Å². The van der Waals surface area contributed by atoms with Gasteiger partial charge in [0, 0.05) is 75.9 Å². The molecule has 0 radical (unpaired) electrons. The Bertz CT molecular complexity index is 3530. The zero-order chi connectivity index (χ0) is 60.4. The summed E-state index contributed by atoms with van der Waals surface area (Å²) in [6.07, 6.45) is -5.48. The van der Waals surface area contributed by atoms with Gasteiger partial charge in [-0.05, 0) is 142 Å². The Balaban J connectivity index is 0.000000199. The molecule has 0 unspecified atom stereocenters. The van der Waals surface area contributed by atoms with Gasteiger partial charge in [0.25, 0.3) is 0 Å². The van der Waals surface area contributed by atoms with Gasteiger partial charge in [-0.3, -0.25) is 0 Å². The van der Waals surface area contributed by atoms with Gasteiger partial charge in [0.2, 0.25) is 0 Å². The van der Waals surface area contributed by atoms with E-state index in [9.17, 15) is 50.6 Å². The normalized spacial score (nSPS) is 11.1. The summed E-state index contributed by atoms with van der Waals surface area (Å²) in [7, 11) is 4.15. The summed E-state index contributed by atoms with van der Waals surface area (Å²) in [6.45, 7) is 12.5. The molecule has 22 heteroatoms. The van der Waals surface area contributed by atoms with Crippen molar-refractivity contribution in [3.05, 3.63) is 186 Å². The zero-order valence-electron chi connectivity index (χ0n) is 45.4. The molecule has 0 amide bonds. The number of halogens is 10. The molecule has 0 saturated carbocycles. The first kappa shape index (κ1) is 64.4. The number of benzene rings is 4. The average molecular weight is 1200 g/mol. The fourth-order valence-corrected chi connectivity index (χ4v) is 9.68. The number of aromatic carboxylic acids is 1. The van der Waals surface area contributed by atoms with Crippen LogP contribution in [0.5, 0.6) is 0 Å². The highest BCUT2D eigenvalue weighted by Crippen LogP contribution is 2.42. The van der Waals surface area contributed by atoms with Gasteiger partial charge in [-0.15, -0.1) is 0 Å². The number of nitrogens with zero attached hydrogens (tertiary/aromatic N) is 3. The van der Waals surface area contributed by atoms with Gasteiger partial charge >= 0.3 is 36.2 Å². The topological polar surface area (TPSA) is 147 Å². The number of aromatic amines is 1. The minimum absolute atomic E-state index is 0.0228. The molecule has 4 aromatic carbocycles. The summed E-state index contributed by atoms with van der Waals surface area (Å²) < 4.78 is 97.7. The fourth-order valence-electron chi connectivity index (χ4n) is 9.17. The number of nitrogens with one attached hydrogen (secondary N) is 1. The molecule has 2 N–H and O–H groups in total. The third-order valence-corrected chi connectivity index (χ3v) is 13.4. The number of carboxylic acids is 1. The van der Waals surface area contributed by atoms with Crippen molar-refractivity contribution in [1.29, 1.82) is 0 Å². The van der Waals surface area contributed by atoms with E-state index in [-0.39, 0.29) is 46.5 Å². The van der Waals surface area contributed by atoms with Crippen molar-refractivity contribution in [2.24, 2.45) is 21.1 Å². The van der Waals surface area contributed by atoms with Crippen LogP contribution in [0, 0.1) is 27.7 Å². The van der Waals surface area contributed by atoms with E-state index in [1.165, 1.54) is 45.2 Å². The Morgan fingerprint density at radius 2 is 0.802 bits per heavy atom. The molecule has 0 saturated heterocycles. The second-order valence-electron chi connectivity index (χ2n) is 17.9. The van der Waals surface area contributed by atoms with Crippen molar-refractivity contribution in [2.45, 2.75) is 60.8 Å². The number of rotatable bonds is 11. The van der Waals surface area contributed by atoms with Crippen molar-refractivity contribution in [3.8, 4) is 44.5 Å². The SMILES string of the molecule is CCOC(=O)c1[nH]cc(C)c1-c1ccc(Cl)cc1.CCOC(=O)c1c(-c2ccc(Cl)cc2)c(C)c(C(F)(F)F)n1C.CCOC(=O)c1c(-c2ccc(Cl)cc2)c(C)cn1C.Cc1c(-c2ccc(Cl)cc2)c(C(=O)O)n(C)c1C(F)(F)F. The number of alkyl halides is 6. The number of aromatic nitrogens is 4. The lowest BCUT2D eigenvalue weighted by atomic mass is 10.0. The Hall–Kier alpha value is -7.38.